The number of hydrogen-bond donors (Lipinski definition) is 1. The predicted octanol–water partition coefficient (Wildman–Crippen LogP) is 8.94. The number of amides is 1. The lowest BCUT2D eigenvalue weighted by Gasteiger charge is -2.52. The smallest absolute Gasteiger partial charge is 0.200 e. The zero-order valence-corrected chi connectivity index (χ0v) is 23.2. The Kier molecular flexibility index (Phi) is 14.7. The summed E-state index contributed by atoms with van der Waals surface area (Å²) in [5, 5.41) is 3.07. The van der Waals surface area contributed by atoms with Crippen molar-refractivity contribution < 1.29 is 4.79 Å². The molecule has 2 atom stereocenters. The van der Waals surface area contributed by atoms with Crippen molar-refractivity contribution in [1.82, 2.24) is 5.32 Å². The number of carbonyl (C=O) groups excluding carboxylic acids is 1. The number of nitrogens with one attached hydrogen (secondary N) is 1. The first-order chi connectivity index (χ1) is 15.5. The van der Waals surface area contributed by atoms with Crippen LogP contribution in [0.15, 0.2) is 48.6 Å². The van der Waals surface area contributed by atoms with E-state index in [1.165, 1.54) is 38.5 Å². The van der Waals surface area contributed by atoms with Gasteiger partial charge in [-0.05, 0) is 69.6 Å². The molecule has 0 rings (SSSR count). The fraction of sp³-hybridized carbons (Fsp3) is 0.700. The van der Waals surface area contributed by atoms with Crippen LogP contribution in [-0.2, 0) is 0 Å². The van der Waals surface area contributed by atoms with Crippen LogP contribution in [0.2, 0.25) is 0 Å². The second-order valence-corrected chi connectivity index (χ2v) is 10.7. The third-order valence-corrected chi connectivity index (χ3v) is 7.01. The molecule has 0 aromatic carbocycles. The molecule has 0 aromatic rings. The van der Waals surface area contributed by atoms with E-state index in [1.807, 2.05) is 26.0 Å². The number of unbranched alkanes of at least 4 members (excludes halogenated alkanes) is 2. The van der Waals surface area contributed by atoms with E-state index in [0.717, 1.165) is 6.42 Å². The van der Waals surface area contributed by atoms with Crippen molar-refractivity contribution in [2.45, 2.75) is 113 Å². The molecule has 3 heteroatoms. The van der Waals surface area contributed by atoms with E-state index in [9.17, 15) is 4.79 Å². The van der Waals surface area contributed by atoms with Gasteiger partial charge in [-0.25, -0.2) is 0 Å². The highest BCUT2D eigenvalue weighted by atomic mass is 16.1. The molecule has 2 nitrogen and oxygen atoms in total. The molecule has 0 aliphatic carbocycles. The molecule has 0 saturated carbocycles. The molecule has 1 amide bonds. The summed E-state index contributed by atoms with van der Waals surface area (Å²) in [6.07, 6.45) is 25.5. The fourth-order valence-corrected chi connectivity index (χ4v) is 6.43. The molecule has 0 heterocycles. The van der Waals surface area contributed by atoms with Crippen LogP contribution >= 0.6 is 0 Å². The minimum atomic E-state index is -0.607. The Morgan fingerprint density at radius 1 is 0.848 bits per heavy atom. The number of carbonyl (C=O) groups is 1. The van der Waals surface area contributed by atoms with Gasteiger partial charge in [0, 0.05) is 0 Å². The Balaban J connectivity index is 6.78. The molecule has 0 saturated heterocycles. The SMILES string of the molecule is [B]C(=O)NC(C=CC)(C=CC)CC(C)(C)C(C(C=CC)C=CC)C(C)(CCC)CCCCC. The van der Waals surface area contributed by atoms with Gasteiger partial charge in [-0.1, -0.05) is 109 Å². The quantitative estimate of drug-likeness (QED) is 0.141. The average molecular weight is 454 g/mol. The van der Waals surface area contributed by atoms with Crippen LogP contribution in [0.25, 0.3) is 0 Å². The minimum Gasteiger partial charge on any atom is -0.354 e. The Hall–Kier alpha value is -1.51. The van der Waals surface area contributed by atoms with Crippen molar-refractivity contribution in [3.05, 3.63) is 48.6 Å². The van der Waals surface area contributed by atoms with Crippen LogP contribution in [0, 0.1) is 22.7 Å². The van der Waals surface area contributed by atoms with Crippen molar-refractivity contribution in [3.63, 3.8) is 0 Å². The maximum Gasteiger partial charge on any atom is 0.200 e. The standard InChI is InChI=1S/C30H52BNO/c1-10-16-17-23-29(9,20-13-4)26(25(18-11-2)19-12-3)28(7,8)24-30(21-14-5,22-15-6)32-27(31)33/h11-12,14-15,18-19,21-22,25-26H,10,13,16-17,20,23-24H2,1-9H3,(H,32,33). The second kappa shape index (κ2) is 15.4. The summed E-state index contributed by atoms with van der Waals surface area (Å²) in [5.74, 6) is 0.241. The Morgan fingerprint density at radius 2 is 1.39 bits per heavy atom. The molecule has 0 spiro atoms. The molecule has 186 valence electrons. The lowest BCUT2D eigenvalue weighted by Crippen LogP contribution is -2.52. The Morgan fingerprint density at radius 3 is 1.79 bits per heavy atom. The summed E-state index contributed by atoms with van der Waals surface area (Å²) in [5.41, 5.74) is -0.507. The maximum absolute atomic E-state index is 12.1. The molecular weight excluding hydrogens is 401 g/mol. The van der Waals surface area contributed by atoms with Crippen molar-refractivity contribution in [2.24, 2.45) is 22.7 Å². The monoisotopic (exact) mass is 453 g/mol. The molecule has 0 fully saturated rings. The lowest BCUT2D eigenvalue weighted by molar-refractivity contribution is 0.00647. The van der Waals surface area contributed by atoms with Gasteiger partial charge in [-0.3, -0.25) is 4.79 Å². The average Bonchev–Trinajstić information content (AvgIpc) is 2.68. The Bertz CT molecular complexity index is 649. The number of hydrogen-bond acceptors (Lipinski definition) is 1. The molecule has 33 heavy (non-hydrogen) atoms. The van der Waals surface area contributed by atoms with Crippen LogP contribution in [0.4, 0.5) is 4.79 Å². The summed E-state index contributed by atoms with van der Waals surface area (Å²) < 4.78 is 0. The third kappa shape index (κ3) is 10.1. The van der Waals surface area contributed by atoms with E-state index in [0.29, 0.717) is 11.8 Å². The van der Waals surface area contributed by atoms with E-state index >= 15 is 0 Å². The number of rotatable bonds is 16. The first kappa shape index (κ1) is 31.5. The summed E-state index contributed by atoms with van der Waals surface area (Å²) in [4.78, 5) is 12.1. The van der Waals surface area contributed by atoms with Crippen molar-refractivity contribution in [2.75, 3.05) is 0 Å². The zero-order valence-electron chi connectivity index (χ0n) is 23.2. The molecular formula is C30H52BNO. The van der Waals surface area contributed by atoms with Crippen LogP contribution in [0.3, 0.4) is 0 Å². The summed E-state index contributed by atoms with van der Waals surface area (Å²) >= 11 is 0. The maximum atomic E-state index is 12.1. The van der Waals surface area contributed by atoms with Gasteiger partial charge >= 0.3 is 0 Å². The van der Waals surface area contributed by atoms with Crippen LogP contribution in [-0.4, -0.2) is 19.2 Å². The first-order valence-corrected chi connectivity index (χ1v) is 13.1. The van der Waals surface area contributed by atoms with E-state index < -0.39 is 11.3 Å². The zero-order chi connectivity index (χ0) is 25.5. The van der Waals surface area contributed by atoms with Gasteiger partial charge in [0.05, 0.1) is 5.54 Å². The van der Waals surface area contributed by atoms with Crippen LogP contribution in [0.5, 0.6) is 0 Å². The molecule has 0 aliphatic heterocycles. The summed E-state index contributed by atoms with van der Waals surface area (Å²) in [6, 6.07) is 0. The van der Waals surface area contributed by atoms with Gasteiger partial charge in [0.2, 0.25) is 7.85 Å². The van der Waals surface area contributed by atoms with Gasteiger partial charge < -0.3 is 5.32 Å². The lowest BCUT2D eigenvalue weighted by atomic mass is 9.53. The van der Waals surface area contributed by atoms with E-state index in [1.54, 1.807) is 0 Å². The van der Waals surface area contributed by atoms with E-state index in [4.69, 9.17) is 7.85 Å². The molecule has 0 bridgehead atoms. The van der Waals surface area contributed by atoms with Gasteiger partial charge in [0.1, 0.15) is 0 Å². The van der Waals surface area contributed by atoms with Crippen molar-refractivity contribution in [3.8, 4) is 0 Å². The highest BCUT2D eigenvalue weighted by Gasteiger charge is 2.48. The normalized spacial score (nSPS) is 18.7. The van der Waals surface area contributed by atoms with Crippen LogP contribution in [0.1, 0.15) is 107 Å². The minimum absolute atomic E-state index is 0.0821. The van der Waals surface area contributed by atoms with Gasteiger partial charge in [-0.15, -0.1) is 0 Å². The summed E-state index contributed by atoms with van der Waals surface area (Å²) in [7, 11) is 5.66. The Labute approximate surface area is 207 Å². The molecule has 0 aromatic heterocycles. The first-order valence-electron chi connectivity index (χ1n) is 13.1. The second-order valence-electron chi connectivity index (χ2n) is 10.7. The molecule has 2 radical (unpaired) electrons. The fourth-order valence-electron chi connectivity index (χ4n) is 6.43. The van der Waals surface area contributed by atoms with Gasteiger partial charge in [0.15, 0.2) is 5.81 Å². The molecule has 2 unspecified atom stereocenters. The number of allylic oxidation sites excluding steroid dienone is 6. The summed E-state index contributed by atoms with van der Waals surface area (Å²) in [6.45, 7) is 20.1. The highest BCUT2D eigenvalue weighted by Crippen LogP contribution is 2.54. The highest BCUT2D eigenvalue weighted by molar-refractivity contribution is 6.57. The predicted molar refractivity (Wildman–Crippen MR) is 149 cm³/mol. The van der Waals surface area contributed by atoms with Crippen LogP contribution < -0.4 is 5.32 Å². The third-order valence-electron chi connectivity index (χ3n) is 7.01. The van der Waals surface area contributed by atoms with E-state index in [2.05, 4.69) is 90.2 Å². The van der Waals surface area contributed by atoms with E-state index in [-0.39, 0.29) is 10.8 Å². The van der Waals surface area contributed by atoms with Gasteiger partial charge in [-0.2, -0.15) is 0 Å². The topological polar surface area (TPSA) is 29.1 Å². The molecule has 0 aliphatic rings. The molecule has 1 N–H and O–H groups in total. The van der Waals surface area contributed by atoms with Crippen molar-refractivity contribution >= 4 is 13.7 Å². The largest absolute Gasteiger partial charge is 0.354 e. The van der Waals surface area contributed by atoms with Gasteiger partial charge in [0.25, 0.3) is 0 Å². The van der Waals surface area contributed by atoms with Crippen molar-refractivity contribution in [1.29, 1.82) is 0 Å².